The molecular formula is C10H11IN4O. The van der Waals surface area contributed by atoms with Crippen LogP contribution in [0.3, 0.4) is 0 Å². The first kappa shape index (κ1) is 11.3. The molecule has 2 aromatic rings. The van der Waals surface area contributed by atoms with Gasteiger partial charge in [-0.1, -0.05) is 0 Å². The number of nitrogens with one attached hydrogen (secondary N) is 1. The predicted octanol–water partition coefficient (Wildman–Crippen LogP) is 1.57. The number of hydrogen-bond acceptors (Lipinski definition) is 3. The van der Waals surface area contributed by atoms with Crippen LogP contribution in [0.5, 0.6) is 0 Å². The zero-order valence-electron chi connectivity index (χ0n) is 8.99. The Kier molecular flexibility index (Phi) is 3.08. The van der Waals surface area contributed by atoms with Crippen molar-refractivity contribution in [1.29, 1.82) is 0 Å². The average molecular weight is 330 g/mol. The Labute approximate surface area is 106 Å². The summed E-state index contributed by atoms with van der Waals surface area (Å²) in [5.74, 6) is 0.572. The highest BCUT2D eigenvalue weighted by Crippen LogP contribution is 2.14. The lowest BCUT2D eigenvalue weighted by Gasteiger charge is -2.05. The Morgan fingerprint density at radius 2 is 2.31 bits per heavy atom. The van der Waals surface area contributed by atoms with E-state index >= 15 is 0 Å². The van der Waals surface area contributed by atoms with E-state index in [2.05, 4.69) is 15.0 Å². The van der Waals surface area contributed by atoms with Crippen LogP contribution in [0.4, 0.5) is 0 Å². The quantitative estimate of drug-likeness (QED) is 0.850. The van der Waals surface area contributed by atoms with Gasteiger partial charge in [0.05, 0.1) is 21.8 Å². The second-order valence-electron chi connectivity index (χ2n) is 3.38. The SMILES string of the molecule is CCn1cncc1-c1nc(C)c(I)c(=O)[nH]1. The van der Waals surface area contributed by atoms with Crippen LogP contribution in [-0.2, 0) is 6.54 Å². The van der Waals surface area contributed by atoms with Crippen LogP contribution >= 0.6 is 22.6 Å². The zero-order chi connectivity index (χ0) is 11.7. The lowest BCUT2D eigenvalue weighted by atomic mass is 10.3. The lowest BCUT2D eigenvalue weighted by Crippen LogP contribution is -2.15. The van der Waals surface area contributed by atoms with Gasteiger partial charge >= 0.3 is 0 Å². The van der Waals surface area contributed by atoms with E-state index in [1.807, 2.05) is 41.0 Å². The minimum absolute atomic E-state index is 0.105. The van der Waals surface area contributed by atoms with Crippen LogP contribution in [-0.4, -0.2) is 19.5 Å². The van der Waals surface area contributed by atoms with E-state index in [4.69, 9.17) is 0 Å². The number of nitrogens with zero attached hydrogens (tertiary/aromatic N) is 3. The molecule has 16 heavy (non-hydrogen) atoms. The number of halogens is 1. The third-order valence-electron chi connectivity index (χ3n) is 2.32. The van der Waals surface area contributed by atoms with Crippen molar-refractivity contribution in [2.75, 3.05) is 0 Å². The van der Waals surface area contributed by atoms with Gasteiger partial charge in [0.1, 0.15) is 5.69 Å². The van der Waals surface area contributed by atoms with E-state index in [1.165, 1.54) is 0 Å². The molecule has 0 saturated heterocycles. The van der Waals surface area contributed by atoms with Gasteiger partial charge in [-0.3, -0.25) is 4.79 Å². The van der Waals surface area contributed by atoms with Crippen molar-refractivity contribution >= 4 is 22.6 Å². The molecule has 84 valence electrons. The maximum absolute atomic E-state index is 11.6. The van der Waals surface area contributed by atoms with Gasteiger partial charge in [0.25, 0.3) is 5.56 Å². The number of H-pyrrole nitrogens is 1. The molecular weight excluding hydrogens is 319 g/mol. The molecule has 0 aliphatic rings. The normalized spacial score (nSPS) is 10.7. The highest BCUT2D eigenvalue weighted by Gasteiger charge is 2.10. The van der Waals surface area contributed by atoms with Gasteiger partial charge in [0.15, 0.2) is 5.82 Å². The Morgan fingerprint density at radius 1 is 1.56 bits per heavy atom. The van der Waals surface area contributed by atoms with Gasteiger partial charge < -0.3 is 9.55 Å². The second-order valence-corrected chi connectivity index (χ2v) is 4.46. The Morgan fingerprint density at radius 3 is 2.94 bits per heavy atom. The Bertz CT molecular complexity index is 572. The molecule has 0 unspecified atom stereocenters. The molecule has 5 nitrogen and oxygen atoms in total. The first-order valence-electron chi connectivity index (χ1n) is 4.90. The van der Waals surface area contributed by atoms with Crippen LogP contribution < -0.4 is 5.56 Å². The number of aromatic nitrogens is 4. The molecule has 2 heterocycles. The van der Waals surface area contributed by atoms with Crippen molar-refractivity contribution in [3.05, 3.63) is 32.1 Å². The molecule has 0 aliphatic heterocycles. The van der Waals surface area contributed by atoms with E-state index in [9.17, 15) is 4.79 Å². The fourth-order valence-electron chi connectivity index (χ4n) is 1.46. The molecule has 6 heteroatoms. The van der Waals surface area contributed by atoms with Gasteiger partial charge in [-0.25, -0.2) is 9.97 Å². The second kappa shape index (κ2) is 4.36. The van der Waals surface area contributed by atoms with Crippen LogP contribution in [0.15, 0.2) is 17.3 Å². The Hall–Kier alpha value is -1.18. The lowest BCUT2D eigenvalue weighted by molar-refractivity contribution is 0.762. The predicted molar refractivity (Wildman–Crippen MR) is 69.2 cm³/mol. The van der Waals surface area contributed by atoms with Crippen LogP contribution in [0.1, 0.15) is 12.6 Å². The van der Waals surface area contributed by atoms with Crippen molar-refractivity contribution < 1.29 is 0 Å². The number of hydrogen-bond donors (Lipinski definition) is 1. The molecule has 1 N–H and O–H groups in total. The number of aromatic amines is 1. The summed E-state index contributed by atoms with van der Waals surface area (Å²) in [7, 11) is 0. The summed E-state index contributed by atoms with van der Waals surface area (Å²) in [6.45, 7) is 4.64. The van der Waals surface area contributed by atoms with E-state index in [0.29, 0.717) is 9.39 Å². The van der Waals surface area contributed by atoms with Crippen molar-refractivity contribution in [1.82, 2.24) is 19.5 Å². The highest BCUT2D eigenvalue weighted by atomic mass is 127. The van der Waals surface area contributed by atoms with Crippen LogP contribution in [0, 0.1) is 10.5 Å². The summed E-state index contributed by atoms with van der Waals surface area (Å²) in [5.41, 5.74) is 1.47. The smallest absolute Gasteiger partial charge is 0.264 e. The molecule has 0 saturated carbocycles. The summed E-state index contributed by atoms with van der Waals surface area (Å²) in [5, 5.41) is 0. The average Bonchev–Trinajstić information content (AvgIpc) is 2.73. The molecule has 0 spiro atoms. The summed E-state index contributed by atoms with van der Waals surface area (Å²) in [6, 6.07) is 0. The number of aryl methyl sites for hydroxylation is 2. The molecule has 2 rings (SSSR count). The monoisotopic (exact) mass is 330 g/mol. The number of rotatable bonds is 2. The molecule has 0 atom stereocenters. The molecule has 0 aliphatic carbocycles. The largest absolute Gasteiger partial charge is 0.328 e. The van der Waals surface area contributed by atoms with E-state index in [0.717, 1.165) is 17.9 Å². The van der Waals surface area contributed by atoms with Crippen molar-refractivity contribution in [2.24, 2.45) is 0 Å². The van der Waals surface area contributed by atoms with Gasteiger partial charge in [0.2, 0.25) is 0 Å². The van der Waals surface area contributed by atoms with E-state index < -0.39 is 0 Å². The molecule has 0 bridgehead atoms. The number of imidazole rings is 1. The minimum atomic E-state index is -0.105. The van der Waals surface area contributed by atoms with Gasteiger partial charge in [-0.15, -0.1) is 0 Å². The third-order valence-corrected chi connectivity index (χ3v) is 3.59. The van der Waals surface area contributed by atoms with Crippen LogP contribution in [0.25, 0.3) is 11.5 Å². The maximum Gasteiger partial charge on any atom is 0.264 e. The van der Waals surface area contributed by atoms with Crippen molar-refractivity contribution in [3.8, 4) is 11.5 Å². The summed E-state index contributed by atoms with van der Waals surface area (Å²) in [6.07, 6.45) is 3.43. The fourth-order valence-corrected chi connectivity index (χ4v) is 1.72. The zero-order valence-corrected chi connectivity index (χ0v) is 11.1. The van der Waals surface area contributed by atoms with Gasteiger partial charge in [-0.2, -0.15) is 0 Å². The topological polar surface area (TPSA) is 63.6 Å². The molecule has 0 fully saturated rings. The van der Waals surface area contributed by atoms with Gasteiger partial charge in [0, 0.05) is 6.54 Å². The standard InChI is InChI=1S/C10H11IN4O/c1-3-15-5-12-4-7(15)9-13-6(2)8(11)10(16)14-9/h4-5H,3H2,1-2H3,(H,13,14,16). The van der Waals surface area contributed by atoms with Crippen molar-refractivity contribution in [3.63, 3.8) is 0 Å². The molecule has 0 amide bonds. The first-order chi connectivity index (χ1) is 7.63. The van der Waals surface area contributed by atoms with E-state index in [-0.39, 0.29) is 5.56 Å². The maximum atomic E-state index is 11.6. The highest BCUT2D eigenvalue weighted by molar-refractivity contribution is 14.1. The fraction of sp³-hybridized carbons (Fsp3) is 0.300. The van der Waals surface area contributed by atoms with Crippen LogP contribution in [0.2, 0.25) is 0 Å². The van der Waals surface area contributed by atoms with E-state index in [1.54, 1.807) is 12.5 Å². The minimum Gasteiger partial charge on any atom is -0.328 e. The Balaban J connectivity index is 2.61. The summed E-state index contributed by atoms with van der Waals surface area (Å²) >= 11 is 1.99. The molecule has 0 radical (unpaired) electrons. The van der Waals surface area contributed by atoms with Crippen molar-refractivity contribution in [2.45, 2.75) is 20.4 Å². The molecule has 0 aromatic carbocycles. The summed E-state index contributed by atoms with van der Waals surface area (Å²) < 4.78 is 2.56. The molecule has 2 aromatic heterocycles. The third kappa shape index (κ3) is 1.89. The van der Waals surface area contributed by atoms with Gasteiger partial charge in [-0.05, 0) is 36.4 Å². The first-order valence-corrected chi connectivity index (χ1v) is 5.98. The summed E-state index contributed by atoms with van der Waals surface area (Å²) in [4.78, 5) is 22.8.